The highest BCUT2D eigenvalue weighted by molar-refractivity contribution is 6.34. The molecule has 1 unspecified atom stereocenters. The molecule has 18 nitrogen and oxygen atoms in total. The number of phenolic OH excluding ortho intramolecular Hbond substituents is 1. The van der Waals surface area contributed by atoms with Crippen LogP contribution in [-0.2, 0) is 19.2 Å². The summed E-state index contributed by atoms with van der Waals surface area (Å²) in [6, 6.07) is 7.97. The lowest BCUT2D eigenvalue weighted by atomic mass is 10.0. The number of benzene rings is 3. The van der Waals surface area contributed by atoms with Gasteiger partial charge in [-0.1, -0.05) is 17.7 Å². The van der Waals surface area contributed by atoms with Crippen molar-refractivity contribution in [2.75, 3.05) is 63.1 Å². The predicted octanol–water partition coefficient (Wildman–Crippen LogP) is 1.63. The molecule has 0 saturated carbocycles. The Bertz CT molecular complexity index is 2430. The second-order valence-corrected chi connectivity index (χ2v) is 14.5. The standard InChI is InChI=1S/C39H37ClF2N8O10/c1-47(15-16-60-19-5-6-20-21(17-19)36(56)50(35(20)55)25-7-8-27(52)44-34(25)54)28(53)9-10-43-39-45-32-22(33(46-39)48-11-13-49(14-12-48)37(57)38(58)59)18-23(40)29(31(32)42)30-24(41)3-2-4-26(30)51/h2-6,17-18,25,38,51,58-59H,7-16H2,1H3,(H,43,45,46)(H,44,52,54). The van der Waals surface area contributed by atoms with Crippen molar-refractivity contribution >= 4 is 69.7 Å². The highest BCUT2D eigenvalue weighted by Crippen LogP contribution is 2.42. The van der Waals surface area contributed by atoms with Gasteiger partial charge >= 0.3 is 0 Å². The first-order valence-corrected chi connectivity index (χ1v) is 19.1. The van der Waals surface area contributed by atoms with E-state index in [0.717, 1.165) is 11.0 Å². The van der Waals surface area contributed by atoms with E-state index in [0.29, 0.717) is 0 Å². The Balaban J connectivity index is 1.02. The molecule has 3 aliphatic rings. The number of nitrogens with one attached hydrogen (secondary N) is 2. The Kier molecular flexibility index (Phi) is 11.8. The molecule has 314 valence electrons. The van der Waals surface area contributed by atoms with Crippen LogP contribution in [0.1, 0.15) is 40.0 Å². The molecule has 3 aliphatic heterocycles. The van der Waals surface area contributed by atoms with Crippen LogP contribution in [0.15, 0.2) is 42.5 Å². The average Bonchev–Trinajstić information content (AvgIpc) is 3.46. The van der Waals surface area contributed by atoms with Crippen molar-refractivity contribution in [3.8, 4) is 22.6 Å². The molecule has 21 heteroatoms. The smallest absolute Gasteiger partial charge is 0.279 e. The van der Waals surface area contributed by atoms with Gasteiger partial charge in [-0.3, -0.25) is 39.0 Å². The molecule has 2 fully saturated rings. The van der Waals surface area contributed by atoms with Gasteiger partial charge in [0.25, 0.3) is 17.7 Å². The van der Waals surface area contributed by atoms with E-state index in [-0.39, 0.29) is 116 Å². The lowest BCUT2D eigenvalue weighted by molar-refractivity contribution is -0.159. The zero-order valence-corrected chi connectivity index (χ0v) is 32.5. The summed E-state index contributed by atoms with van der Waals surface area (Å²) in [6.07, 6.45) is -2.26. The third kappa shape index (κ3) is 8.08. The monoisotopic (exact) mass is 850 g/mol. The topological polar surface area (TPSA) is 235 Å². The van der Waals surface area contributed by atoms with Crippen molar-refractivity contribution in [2.45, 2.75) is 31.6 Å². The molecule has 0 aliphatic carbocycles. The molecule has 4 heterocycles. The number of hydrogen-bond acceptors (Lipinski definition) is 14. The summed E-state index contributed by atoms with van der Waals surface area (Å²) in [5, 5.41) is 34.1. The van der Waals surface area contributed by atoms with Crippen LogP contribution >= 0.6 is 11.6 Å². The Morgan fingerprint density at radius 1 is 1.02 bits per heavy atom. The number of halogens is 3. The fourth-order valence-electron chi connectivity index (χ4n) is 7.23. The van der Waals surface area contributed by atoms with Crippen LogP contribution in [0.25, 0.3) is 22.0 Å². The Morgan fingerprint density at radius 2 is 1.75 bits per heavy atom. The molecule has 7 rings (SSSR count). The molecule has 0 spiro atoms. The van der Waals surface area contributed by atoms with Crippen molar-refractivity contribution in [3.63, 3.8) is 0 Å². The number of ether oxygens (including phenoxy) is 1. The number of aromatic nitrogens is 2. The summed E-state index contributed by atoms with van der Waals surface area (Å²) >= 11 is 6.51. The zero-order valence-electron chi connectivity index (χ0n) is 31.8. The number of rotatable bonds is 12. The van der Waals surface area contributed by atoms with E-state index in [1.165, 1.54) is 53.2 Å². The van der Waals surface area contributed by atoms with E-state index < -0.39 is 70.4 Å². The molecule has 5 N–H and O–H groups in total. The number of fused-ring (bicyclic) bond motifs is 2. The number of hydrogen-bond donors (Lipinski definition) is 5. The quantitative estimate of drug-likeness (QED) is 0.101. The lowest BCUT2D eigenvalue weighted by Gasteiger charge is -2.36. The summed E-state index contributed by atoms with van der Waals surface area (Å²) in [7, 11) is 1.54. The zero-order chi connectivity index (χ0) is 43.0. The number of nitrogens with zero attached hydrogens (tertiary/aromatic N) is 6. The molecule has 4 aromatic rings. The first kappa shape index (κ1) is 41.6. The van der Waals surface area contributed by atoms with Crippen LogP contribution in [0.4, 0.5) is 20.5 Å². The Hall–Kier alpha value is -6.51. The fourth-order valence-corrected chi connectivity index (χ4v) is 7.52. The van der Waals surface area contributed by atoms with Gasteiger partial charge in [-0.15, -0.1) is 0 Å². The summed E-state index contributed by atoms with van der Waals surface area (Å²) in [5.74, 6) is -5.97. The molecule has 0 bridgehead atoms. The van der Waals surface area contributed by atoms with Gasteiger partial charge in [0.2, 0.25) is 30.0 Å². The van der Waals surface area contributed by atoms with Crippen molar-refractivity contribution in [1.82, 2.24) is 30.0 Å². The number of piperazine rings is 1. The van der Waals surface area contributed by atoms with Gasteiger partial charge in [0, 0.05) is 63.6 Å². The number of piperidine rings is 1. The van der Waals surface area contributed by atoms with E-state index in [1.54, 1.807) is 4.90 Å². The number of likely N-dealkylation sites (N-methyl/N-ethyl adjacent to an activating group) is 1. The minimum absolute atomic E-state index is 0.00243. The second kappa shape index (κ2) is 17.0. The van der Waals surface area contributed by atoms with Crippen LogP contribution in [0, 0.1) is 11.6 Å². The average molecular weight is 851 g/mol. The van der Waals surface area contributed by atoms with E-state index >= 15 is 4.39 Å². The normalized spacial score (nSPS) is 16.7. The molecule has 60 heavy (non-hydrogen) atoms. The summed E-state index contributed by atoms with van der Waals surface area (Å²) in [4.78, 5) is 89.4. The third-order valence-corrected chi connectivity index (χ3v) is 10.7. The van der Waals surface area contributed by atoms with E-state index in [1.807, 2.05) is 0 Å². The van der Waals surface area contributed by atoms with E-state index in [2.05, 4.69) is 20.6 Å². The summed E-state index contributed by atoms with van der Waals surface area (Å²) in [6.45, 7) is 0.520. The first-order valence-electron chi connectivity index (χ1n) is 18.7. The largest absolute Gasteiger partial charge is 0.507 e. The molecular weight excluding hydrogens is 814 g/mol. The van der Waals surface area contributed by atoms with Gasteiger partial charge in [-0.25, -0.2) is 13.8 Å². The number of anilines is 2. The van der Waals surface area contributed by atoms with Crippen molar-refractivity contribution in [1.29, 1.82) is 0 Å². The van der Waals surface area contributed by atoms with Gasteiger partial charge in [0.05, 0.1) is 28.3 Å². The number of carbonyl (C=O) groups is 6. The van der Waals surface area contributed by atoms with Gasteiger partial charge in [-0.05, 0) is 42.8 Å². The second-order valence-electron chi connectivity index (χ2n) is 14.1. The molecule has 6 amide bonds. The van der Waals surface area contributed by atoms with Gasteiger partial charge < -0.3 is 40.1 Å². The van der Waals surface area contributed by atoms with Crippen molar-refractivity contribution in [3.05, 3.63) is 70.2 Å². The van der Waals surface area contributed by atoms with Crippen molar-refractivity contribution in [2.24, 2.45) is 0 Å². The number of imide groups is 2. The summed E-state index contributed by atoms with van der Waals surface area (Å²) in [5.41, 5.74) is -1.06. The van der Waals surface area contributed by atoms with Crippen LogP contribution in [0.2, 0.25) is 5.02 Å². The number of aromatic hydroxyl groups is 1. The highest BCUT2D eigenvalue weighted by Gasteiger charge is 2.44. The van der Waals surface area contributed by atoms with E-state index in [9.17, 15) is 48.5 Å². The van der Waals surface area contributed by atoms with Gasteiger partial charge in [0.1, 0.15) is 41.3 Å². The number of carbonyl (C=O) groups excluding carboxylic acids is 6. The highest BCUT2D eigenvalue weighted by atomic mass is 35.5. The number of phenols is 1. The Labute approximate surface area is 344 Å². The third-order valence-electron chi connectivity index (χ3n) is 10.4. The maximum Gasteiger partial charge on any atom is 0.279 e. The molecule has 2 saturated heterocycles. The van der Waals surface area contributed by atoms with Gasteiger partial charge in [-0.2, -0.15) is 4.98 Å². The first-order chi connectivity index (χ1) is 28.6. The van der Waals surface area contributed by atoms with Crippen molar-refractivity contribution < 1.29 is 57.6 Å². The molecular formula is C39H37ClF2N8O10. The Morgan fingerprint density at radius 3 is 2.45 bits per heavy atom. The number of amides is 6. The summed E-state index contributed by atoms with van der Waals surface area (Å²) < 4.78 is 37.2. The molecule has 1 atom stereocenters. The van der Waals surface area contributed by atoms with Crippen LogP contribution in [0.5, 0.6) is 11.5 Å². The maximum atomic E-state index is 16.4. The number of aliphatic hydroxyl groups is 2. The fraction of sp³-hybridized carbons (Fsp3) is 0.333. The van der Waals surface area contributed by atoms with E-state index in [4.69, 9.17) is 16.3 Å². The molecule has 0 radical (unpaired) electrons. The van der Waals surface area contributed by atoms with Crippen LogP contribution < -0.4 is 20.3 Å². The number of aliphatic hydroxyl groups excluding tert-OH is 1. The SMILES string of the molecule is CN(CCOc1ccc2c(c1)C(=O)N(C1CCC(=O)NC1=O)C2=O)C(=O)CCNc1nc(N2CCN(C(=O)C(O)O)CC2)c2cc(Cl)c(-c3c(O)cccc3F)c(F)c2n1. The molecule has 3 aromatic carbocycles. The lowest BCUT2D eigenvalue weighted by Crippen LogP contribution is -2.54. The van der Waals surface area contributed by atoms with Crippen LogP contribution in [0.3, 0.4) is 0 Å². The molecule has 1 aromatic heterocycles. The maximum absolute atomic E-state index is 16.4. The van der Waals surface area contributed by atoms with Crippen LogP contribution in [-0.4, -0.2) is 141 Å². The minimum Gasteiger partial charge on any atom is -0.507 e. The predicted molar refractivity (Wildman–Crippen MR) is 208 cm³/mol. The van der Waals surface area contributed by atoms with Gasteiger partial charge in [0.15, 0.2) is 5.82 Å². The minimum atomic E-state index is -2.19.